The van der Waals surface area contributed by atoms with E-state index in [0.29, 0.717) is 93.6 Å². The maximum atomic E-state index is 14.7. The van der Waals surface area contributed by atoms with Crippen LogP contribution in [0.2, 0.25) is 0 Å². The van der Waals surface area contributed by atoms with Crippen molar-refractivity contribution in [1.82, 2.24) is 0 Å². The Morgan fingerprint density at radius 1 is 0.667 bits per heavy atom. The molecular weight excluding hydrogens is 815 g/mol. The molecule has 1 heterocycles. The van der Waals surface area contributed by atoms with Gasteiger partial charge >= 0.3 is 11.9 Å². The van der Waals surface area contributed by atoms with Crippen molar-refractivity contribution in [1.29, 1.82) is 0 Å². The molecule has 15 nitrogen and oxygen atoms in total. The number of hydrogen-bond donors (Lipinski definition) is 2. The van der Waals surface area contributed by atoms with E-state index in [0.717, 1.165) is 30.4 Å². The number of ether oxygens (including phenoxy) is 4. The van der Waals surface area contributed by atoms with Crippen molar-refractivity contribution in [3.8, 4) is 17.2 Å². The van der Waals surface area contributed by atoms with E-state index in [4.69, 9.17) is 23.5 Å². The van der Waals surface area contributed by atoms with Crippen LogP contribution in [-0.2, 0) is 31.5 Å². The molecule has 4 aromatic rings. The lowest BCUT2D eigenvalue weighted by atomic mass is 10.0. The predicted octanol–water partition coefficient (Wildman–Crippen LogP) is 5.56. The largest absolute Gasteiger partial charge is 0.493 e. The van der Waals surface area contributed by atoms with Crippen molar-refractivity contribution >= 4 is 54.0 Å². The molecule has 0 amide bonds. The zero-order chi connectivity index (χ0) is 44.5. The maximum absolute atomic E-state index is 14.7. The van der Waals surface area contributed by atoms with E-state index in [1.807, 2.05) is 30.8 Å². The van der Waals surface area contributed by atoms with Crippen LogP contribution in [-0.4, -0.2) is 133 Å². The van der Waals surface area contributed by atoms with Crippen LogP contribution in [0.5, 0.6) is 17.2 Å². The molecule has 3 aromatic carbocycles. The first-order valence-corrected chi connectivity index (χ1v) is 23.4. The van der Waals surface area contributed by atoms with Gasteiger partial charge in [0.15, 0.2) is 6.54 Å². The number of benzene rings is 3. The number of rotatable bonds is 23. The second kappa shape index (κ2) is 20.4. The van der Waals surface area contributed by atoms with Gasteiger partial charge in [0.2, 0.25) is 11.0 Å². The molecule has 0 aliphatic rings. The Bertz CT molecular complexity index is 2370. The standard InChI is InChI=1S/C43H60N3O12S2/c1-9-19-45(4,5)20-11-23-56-34-14-16-38-36(29-34)40(43(48)58-41-31(2)27-33(28-32(41)3)42(47)55-8)37-30-35(15-17-39(37)44(38)18-10-25-59(49,50)51)57-24-12-21-46(6,7)22-13-26-60(52,53)54/h14-17,27-30H,9-13,18-26H2,1-8H3/q+1/p+2. The van der Waals surface area contributed by atoms with Gasteiger partial charge in [-0.15, -0.1) is 0 Å². The first-order chi connectivity index (χ1) is 28.0. The topological polar surface area (TPSA) is 184 Å². The molecule has 2 N–H and O–H groups in total. The number of aromatic nitrogens is 1. The van der Waals surface area contributed by atoms with Gasteiger partial charge in [-0.3, -0.25) is 9.11 Å². The fourth-order valence-corrected chi connectivity index (χ4v) is 8.57. The Hall–Kier alpha value is -4.39. The van der Waals surface area contributed by atoms with Gasteiger partial charge in [0, 0.05) is 37.8 Å². The Morgan fingerprint density at radius 3 is 1.60 bits per heavy atom. The highest BCUT2D eigenvalue weighted by molar-refractivity contribution is 7.86. The van der Waals surface area contributed by atoms with Crippen LogP contribution in [0.4, 0.5) is 0 Å². The van der Waals surface area contributed by atoms with Crippen molar-refractivity contribution in [3.63, 3.8) is 0 Å². The van der Waals surface area contributed by atoms with Crippen molar-refractivity contribution < 1.29 is 68.0 Å². The monoisotopic (exact) mass is 876 g/mol. The van der Waals surface area contributed by atoms with Gasteiger partial charge in [0.1, 0.15) is 17.2 Å². The van der Waals surface area contributed by atoms with Gasteiger partial charge in [-0.05, 0) is 67.8 Å². The van der Waals surface area contributed by atoms with Crippen LogP contribution in [0.25, 0.3) is 21.8 Å². The summed E-state index contributed by atoms with van der Waals surface area (Å²) < 4.78 is 91.5. The lowest BCUT2D eigenvalue weighted by Gasteiger charge is -2.29. The van der Waals surface area contributed by atoms with E-state index >= 15 is 0 Å². The minimum Gasteiger partial charge on any atom is -0.493 e. The fourth-order valence-electron chi connectivity index (χ4n) is 7.58. The lowest BCUT2D eigenvalue weighted by Crippen LogP contribution is -2.42. The molecule has 1 aromatic heterocycles. The van der Waals surface area contributed by atoms with Crippen molar-refractivity contribution in [2.45, 2.75) is 59.4 Å². The zero-order valence-corrected chi connectivity index (χ0v) is 37.8. The molecule has 0 atom stereocenters. The maximum Gasteiger partial charge on any atom is 0.345 e. The van der Waals surface area contributed by atoms with E-state index in [2.05, 4.69) is 21.0 Å². The molecule has 0 saturated heterocycles. The summed E-state index contributed by atoms with van der Waals surface area (Å²) in [6.07, 6.45) is 2.88. The second-order valence-electron chi connectivity index (χ2n) is 16.7. The molecule has 4 rings (SSSR count). The average molecular weight is 877 g/mol. The van der Waals surface area contributed by atoms with E-state index < -0.39 is 37.9 Å². The molecule has 60 heavy (non-hydrogen) atoms. The molecule has 0 unspecified atom stereocenters. The molecule has 0 spiro atoms. The number of fused-ring (bicyclic) bond motifs is 2. The zero-order valence-electron chi connectivity index (χ0n) is 36.2. The number of hydrogen-bond acceptors (Lipinski definition) is 10. The molecule has 0 radical (unpaired) electrons. The number of aryl methyl sites for hydroxylation is 3. The second-order valence-corrected chi connectivity index (χ2v) is 19.8. The minimum atomic E-state index is -4.25. The smallest absolute Gasteiger partial charge is 0.345 e. The number of esters is 2. The third kappa shape index (κ3) is 14.1. The van der Waals surface area contributed by atoms with Gasteiger partial charge in [0.25, 0.3) is 20.2 Å². The SMILES string of the molecule is CCC[N+](C)(C)CCCOc1ccc2c(c1)c(C(=O)Oc1c(C)cc(C(=O)OC)cc1C)c1cc(OCCC[N+](C)(C)CCCS(=O)(=O)O)ccc1[n+]2CCCS(=O)(=O)O. The lowest BCUT2D eigenvalue weighted by molar-refractivity contribution is -0.890. The molecule has 17 heteroatoms. The summed E-state index contributed by atoms with van der Waals surface area (Å²) in [5.74, 6) is -0.696. The third-order valence-electron chi connectivity index (χ3n) is 10.5. The number of methoxy groups -OCH3 is 1. The summed E-state index contributed by atoms with van der Waals surface area (Å²) >= 11 is 0. The van der Waals surface area contributed by atoms with Crippen LogP contribution in [0, 0.1) is 13.8 Å². The number of carbonyl (C=O) groups excluding carboxylic acids is 2. The van der Waals surface area contributed by atoms with Crippen LogP contribution in [0.3, 0.4) is 0 Å². The molecule has 0 saturated carbocycles. The number of pyridine rings is 1. The first kappa shape index (κ1) is 48.3. The number of quaternary nitrogens is 2. The molecule has 330 valence electrons. The van der Waals surface area contributed by atoms with Gasteiger partial charge in [-0.2, -0.15) is 21.4 Å². The summed E-state index contributed by atoms with van der Waals surface area (Å²) in [4.78, 5) is 27.0. The van der Waals surface area contributed by atoms with Crippen LogP contribution in [0.15, 0.2) is 48.5 Å². The quantitative estimate of drug-likeness (QED) is 0.0180. The molecule has 0 aliphatic heterocycles. The van der Waals surface area contributed by atoms with Gasteiger partial charge < -0.3 is 27.9 Å². The summed E-state index contributed by atoms with van der Waals surface area (Å²) in [6, 6.07) is 13.9. The van der Waals surface area contributed by atoms with Gasteiger partial charge in [-0.25, -0.2) is 9.59 Å². The average Bonchev–Trinajstić information content (AvgIpc) is 3.14. The van der Waals surface area contributed by atoms with Gasteiger partial charge in [0.05, 0.1) is 108 Å². The Kier molecular flexibility index (Phi) is 16.5. The highest BCUT2D eigenvalue weighted by Gasteiger charge is 2.28. The normalized spacial score (nSPS) is 12.5. The van der Waals surface area contributed by atoms with E-state index in [1.54, 1.807) is 50.2 Å². The predicted molar refractivity (Wildman–Crippen MR) is 230 cm³/mol. The molecule has 0 aliphatic carbocycles. The van der Waals surface area contributed by atoms with Crippen molar-refractivity contribution in [3.05, 3.63) is 70.8 Å². The summed E-state index contributed by atoms with van der Waals surface area (Å²) in [7, 11) is 1.32. The molecular formula is C43H62N3O12S2+3. The highest BCUT2D eigenvalue weighted by atomic mass is 32.2. The Morgan fingerprint density at radius 2 is 1.13 bits per heavy atom. The summed E-state index contributed by atoms with van der Waals surface area (Å²) in [5, 5.41) is 0.956. The molecule has 0 fully saturated rings. The summed E-state index contributed by atoms with van der Waals surface area (Å²) in [6.45, 7) is 9.73. The van der Waals surface area contributed by atoms with E-state index in [9.17, 15) is 31.0 Å². The first-order valence-electron chi connectivity index (χ1n) is 20.2. The van der Waals surface area contributed by atoms with Crippen LogP contribution >= 0.6 is 0 Å². The van der Waals surface area contributed by atoms with Crippen molar-refractivity contribution in [2.75, 3.05) is 86.2 Å². The van der Waals surface area contributed by atoms with Crippen LogP contribution in [0.1, 0.15) is 70.9 Å². The number of nitrogens with zero attached hydrogens (tertiary/aromatic N) is 3. The Balaban J connectivity index is 1.80. The highest BCUT2D eigenvalue weighted by Crippen LogP contribution is 2.33. The van der Waals surface area contributed by atoms with E-state index in [-0.39, 0.29) is 30.0 Å². The van der Waals surface area contributed by atoms with Gasteiger partial charge in [-0.1, -0.05) is 6.92 Å². The number of carbonyl (C=O) groups is 2. The summed E-state index contributed by atoms with van der Waals surface area (Å²) in [5.41, 5.74) is 2.82. The minimum absolute atomic E-state index is 0.0863. The fraction of sp³-hybridized carbons (Fsp3) is 0.512. The van der Waals surface area contributed by atoms with E-state index in [1.165, 1.54) is 7.11 Å². The van der Waals surface area contributed by atoms with Crippen molar-refractivity contribution in [2.24, 2.45) is 0 Å². The third-order valence-corrected chi connectivity index (χ3v) is 12.1. The Labute approximate surface area is 354 Å². The van der Waals surface area contributed by atoms with Crippen LogP contribution < -0.4 is 18.8 Å². The molecule has 0 bridgehead atoms.